The molecule has 0 bridgehead atoms. The van der Waals surface area contributed by atoms with Crippen LogP contribution in [0.1, 0.15) is 5.01 Å². The number of para-hydroxylation sites is 1. The smallest absolute Gasteiger partial charge is 0.226 e. The molecule has 1 aromatic carbocycles. The molecule has 1 aromatic heterocycles. The topological polar surface area (TPSA) is 54.0 Å². The summed E-state index contributed by atoms with van der Waals surface area (Å²) in [5.74, 6) is 0.271. The van der Waals surface area contributed by atoms with Crippen LogP contribution in [0.2, 0.25) is 0 Å². The van der Waals surface area contributed by atoms with Gasteiger partial charge >= 0.3 is 0 Å². The van der Waals surface area contributed by atoms with Gasteiger partial charge in [-0.05, 0) is 12.1 Å². The Hall–Kier alpha value is -1.17. The number of carbonyl (C=O) groups is 1. The highest BCUT2D eigenvalue weighted by Crippen LogP contribution is 2.21. The van der Waals surface area contributed by atoms with Crippen LogP contribution in [-0.4, -0.2) is 24.0 Å². The van der Waals surface area contributed by atoms with Crippen molar-refractivity contribution in [2.75, 3.05) is 13.1 Å². The van der Waals surface area contributed by atoms with E-state index in [1.54, 1.807) is 11.3 Å². The molecule has 18 heavy (non-hydrogen) atoms. The van der Waals surface area contributed by atoms with Crippen molar-refractivity contribution in [3.63, 3.8) is 0 Å². The van der Waals surface area contributed by atoms with Gasteiger partial charge in [-0.2, -0.15) is 0 Å². The summed E-state index contributed by atoms with van der Waals surface area (Å²) in [6, 6.07) is 8.02. The molecule has 96 valence electrons. The Bertz CT molecular complexity index is 520. The van der Waals surface area contributed by atoms with Crippen molar-refractivity contribution < 1.29 is 4.79 Å². The number of halogens is 1. The number of rotatable bonds is 3. The Labute approximate surface area is 115 Å². The third-order valence-electron chi connectivity index (χ3n) is 2.90. The molecule has 2 N–H and O–H groups in total. The maximum Gasteiger partial charge on any atom is 0.226 e. The molecule has 1 amide bonds. The normalized spacial score (nSPS) is 14.9. The summed E-state index contributed by atoms with van der Waals surface area (Å²) in [5, 5.41) is 6.98. The van der Waals surface area contributed by atoms with Crippen LogP contribution in [0.3, 0.4) is 0 Å². The van der Waals surface area contributed by atoms with E-state index in [2.05, 4.69) is 15.6 Å². The van der Waals surface area contributed by atoms with Crippen LogP contribution in [0.5, 0.6) is 0 Å². The predicted octanol–water partition coefficient (Wildman–Crippen LogP) is 1.55. The summed E-state index contributed by atoms with van der Waals surface area (Å²) in [7, 11) is 0. The highest BCUT2D eigenvalue weighted by atomic mass is 35.5. The second kappa shape index (κ2) is 5.65. The van der Waals surface area contributed by atoms with Crippen LogP contribution in [0, 0.1) is 5.92 Å². The van der Waals surface area contributed by atoms with Crippen LogP contribution in [0.15, 0.2) is 24.3 Å². The minimum Gasteiger partial charge on any atom is -0.349 e. The quantitative estimate of drug-likeness (QED) is 0.899. The van der Waals surface area contributed by atoms with Gasteiger partial charge in [0.05, 0.1) is 22.7 Å². The molecule has 6 heteroatoms. The Balaban J connectivity index is 0.00000120. The first kappa shape index (κ1) is 13.3. The maximum atomic E-state index is 11.6. The minimum absolute atomic E-state index is 0. The summed E-state index contributed by atoms with van der Waals surface area (Å²) in [5.41, 5.74) is 1.01. The first-order chi connectivity index (χ1) is 8.33. The number of hydrogen-bond donors (Lipinski definition) is 2. The van der Waals surface area contributed by atoms with Crippen molar-refractivity contribution in [1.82, 2.24) is 15.6 Å². The van der Waals surface area contributed by atoms with Gasteiger partial charge in [-0.3, -0.25) is 4.79 Å². The third kappa shape index (κ3) is 2.63. The molecule has 0 saturated carbocycles. The predicted molar refractivity (Wildman–Crippen MR) is 75.1 cm³/mol. The molecule has 1 aliphatic rings. The zero-order valence-corrected chi connectivity index (χ0v) is 11.3. The summed E-state index contributed by atoms with van der Waals surface area (Å²) >= 11 is 1.64. The van der Waals surface area contributed by atoms with E-state index in [1.807, 2.05) is 24.3 Å². The molecule has 0 atom stereocenters. The lowest BCUT2D eigenvalue weighted by molar-refractivity contribution is -0.126. The molecule has 1 aliphatic heterocycles. The van der Waals surface area contributed by atoms with Gasteiger partial charge in [-0.25, -0.2) is 4.98 Å². The number of benzene rings is 1. The van der Waals surface area contributed by atoms with Gasteiger partial charge in [0.25, 0.3) is 0 Å². The standard InChI is InChI=1S/C12H13N3OS.ClH/c16-12(8-5-13-6-8)14-7-11-15-9-3-1-2-4-10(9)17-11;/h1-4,8,13H,5-7H2,(H,14,16);1H. The Morgan fingerprint density at radius 2 is 2.22 bits per heavy atom. The van der Waals surface area contributed by atoms with Crippen molar-refractivity contribution in [3.05, 3.63) is 29.3 Å². The average Bonchev–Trinajstić information content (AvgIpc) is 2.66. The highest BCUT2D eigenvalue weighted by Gasteiger charge is 2.24. The van der Waals surface area contributed by atoms with Crippen molar-refractivity contribution in [1.29, 1.82) is 0 Å². The molecule has 2 heterocycles. The number of nitrogens with one attached hydrogen (secondary N) is 2. The van der Waals surface area contributed by atoms with E-state index < -0.39 is 0 Å². The first-order valence-electron chi connectivity index (χ1n) is 5.66. The summed E-state index contributed by atoms with van der Waals surface area (Å²) < 4.78 is 1.17. The van der Waals surface area contributed by atoms with E-state index in [1.165, 1.54) is 4.70 Å². The number of nitrogens with zero attached hydrogens (tertiary/aromatic N) is 1. The van der Waals surface area contributed by atoms with Gasteiger partial charge in [0.1, 0.15) is 5.01 Å². The Morgan fingerprint density at radius 1 is 1.44 bits per heavy atom. The molecule has 0 spiro atoms. The zero-order valence-electron chi connectivity index (χ0n) is 9.68. The number of amides is 1. The highest BCUT2D eigenvalue weighted by molar-refractivity contribution is 7.18. The summed E-state index contributed by atoms with van der Waals surface area (Å²) in [6.07, 6.45) is 0. The lowest BCUT2D eigenvalue weighted by Gasteiger charge is -2.25. The fourth-order valence-corrected chi connectivity index (χ4v) is 2.68. The van der Waals surface area contributed by atoms with Crippen LogP contribution >= 0.6 is 23.7 Å². The number of carbonyl (C=O) groups excluding carboxylic acids is 1. The first-order valence-corrected chi connectivity index (χ1v) is 6.47. The summed E-state index contributed by atoms with van der Waals surface area (Å²) in [4.78, 5) is 16.1. The Morgan fingerprint density at radius 3 is 2.89 bits per heavy atom. The molecule has 3 rings (SSSR count). The van der Waals surface area contributed by atoms with Gasteiger partial charge in [-0.15, -0.1) is 23.7 Å². The number of thiazole rings is 1. The van der Waals surface area contributed by atoms with E-state index in [0.29, 0.717) is 6.54 Å². The molecule has 0 radical (unpaired) electrons. The van der Waals surface area contributed by atoms with Gasteiger partial charge in [0.2, 0.25) is 5.91 Å². The SMILES string of the molecule is Cl.O=C(NCc1nc2ccccc2s1)C1CNC1. The molecule has 0 unspecified atom stereocenters. The van der Waals surface area contributed by atoms with Crippen molar-refractivity contribution in [3.8, 4) is 0 Å². The van der Waals surface area contributed by atoms with Crippen molar-refractivity contribution in [2.45, 2.75) is 6.54 Å². The van der Waals surface area contributed by atoms with Crippen molar-refractivity contribution in [2.24, 2.45) is 5.92 Å². The van der Waals surface area contributed by atoms with E-state index >= 15 is 0 Å². The van der Waals surface area contributed by atoms with Gasteiger partial charge in [-0.1, -0.05) is 12.1 Å². The number of fused-ring (bicyclic) bond motifs is 1. The molecule has 1 saturated heterocycles. The van der Waals surface area contributed by atoms with Gasteiger partial charge < -0.3 is 10.6 Å². The molecular weight excluding hydrogens is 270 g/mol. The lowest BCUT2D eigenvalue weighted by atomic mass is 10.0. The lowest BCUT2D eigenvalue weighted by Crippen LogP contribution is -2.50. The van der Waals surface area contributed by atoms with Gasteiger partial charge in [0.15, 0.2) is 0 Å². The second-order valence-electron chi connectivity index (χ2n) is 4.15. The van der Waals surface area contributed by atoms with Crippen molar-refractivity contribution >= 4 is 39.9 Å². The van der Waals surface area contributed by atoms with Crippen LogP contribution in [0.4, 0.5) is 0 Å². The van der Waals surface area contributed by atoms with Crippen LogP contribution in [-0.2, 0) is 11.3 Å². The second-order valence-corrected chi connectivity index (χ2v) is 5.26. The van der Waals surface area contributed by atoms with E-state index in [0.717, 1.165) is 23.6 Å². The summed E-state index contributed by atoms with van der Waals surface area (Å²) in [6.45, 7) is 2.13. The van der Waals surface area contributed by atoms with E-state index in [-0.39, 0.29) is 24.2 Å². The Kier molecular flexibility index (Phi) is 4.16. The fourth-order valence-electron chi connectivity index (χ4n) is 1.78. The van der Waals surface area contributed by atoms with Crippen LogP contribution in [0.25, 0.3) is 10.2 Å². The van der Waals surface area contributed by atoms with E-state index in [4.69, 9.17) is 0 Å². The molecular formula is C12H14ClN3OS. The molecule has 0 aliphatic carbocycles. The van der Waals surface area contributed by atoms with Gasteiger partial charge in [0, 0.05) is 13.1 Å². The number of aromatic nitrogens is 1. The van der Waals surface area contributed by atoms with E-state index in [9.17, 15) is 4.79 Å². The third-order valence-corrected chi connectivity index (χ3v) is 3.94. The van der Waals surface area contributed by atoms with Crippen LogP contribution < -0.4 is 10.6 Å². The molecule has 4 nitrogen and oxygen atoms in total. The monoisotopic (exact) mass is 283 g/mol. The minimum atomic E-state index is 0. The maximum absolute atomic E-state index is 11.6. The molecule has 1 fully saturated rings. The largest absolute Gasteiger partial charge is 0.349 e. The fraction of sp³-hybridized carbons (Fsp3) is 0.333. The molecule has 2 aromatic rings. The average molecular weight is 284 g/mol. The zero-order chi connectivity index (χ0) is 11.7. The number of hydrogen-bond acceptors (Lipinski definition) is 4.